The number of rotatable bonds is 10. The van der Waals surface area contributed by atoms with Gasteiger partial charge in [-0.3, -0.25) is 14.7 Å². The molecular formula is C28H26FN5O2. The zero-order chi connectivity index (χ0) is 24.7. The number of aromatic nitrogens is 3. The lowest BCUT2D eigenvalue weighted by Crippen LogP contribution is -2.26. The molecule has 5 rings (SSSR count). The maximum absolute atomic E-state index is 13.8. The van der Waals surface area contributed by atoms with Gasteiger partial charge in [-0.15, -0.1) is 0 Å². The summed E-state index contributed by atoms with van der Waals surface area (Å²) in [6.07, 6.45) is 7.57. The summed E-state index contributed by atoms with van der Waals surface area (Å²) in [6.45, 7) is 1.95. The molecule has 0 saturated heterocycles. The van der Waals surface area contributed by atoms with Crippen molar-refractivity contribution in [2.24, 2.45) is 0 Å². The highest BCUT2D eigenvalue weighted by atomic mass is 19.1. The standard InChI is InChI=1S/C28H26FN5O2/c29-23-7-3-5-20(13-23)17-34(12-10-22-16-31-25-9-2-1-8-24(22)25)18-27-33-26(19-36-27)28(35)32-15-21-6-4-11-30-14-21/h1-9,11,13-14,16,19,31H,10,12,15,17-18H2,(H,32,35). The van der Waals surface area contributed by atoms with Crippen LogP contribution in [0.3, 0.4) is 0 Å². The number of fused-ring (bicyclic) bond motifs is 1. The average molecular weight is 484 g/mol. The molecule has 0 fully saturated rings. The van der Waals surface area contributed by atoms with E-state index in [1.165, 1.54) is 29.3 Å². The predicted molar refractivity (Wildman–Crippen MR) is 134 cm³/mol. The number of H-pyrrole nitrogens is 1. The highest BCUT2D eigenvalue weighted by molar-refractivity contribution is 5.91. The summed E-state index contributed by atoms with van der Waals surface area (Å²) in [5, 5.41) is 4.02. The number of carbonyl (C=O) groups is 1. The van der Waals surface area contributed by atoms with Gasteiger partial charge < -0.3 is 14.7 Å². The number of oxazole rings is 1. The minimum atomic E-state index is -0.315. The summed E-state index contributed by atoms with van der Waals surface area (Å²) >= 11 is 0. The molecule has 0 unspecified atom stereocenters. The lowest BCUT2D eigenvalue weighted by molar-refractivity contribution is 0.0945. The van der Waals surface area contributed by atoms with Crippen LogP contribution in [0.15, 0.2) is 89.9 Å². The molecule has 0 aliphatic carbocycles. The third-order valence-corrected chi connectivity index (χ3v) is 5.99. The van der Waals surface area contributed by atoms with Gasteiger partial charge in [-0.05, 0) is 47.4 Å². The number of hydrogen-bond acceptors (Lipinski definition) is 5. The van der Waals surface area contributed by atoms with Gasteiger partial charge in [0.2, 0.25) is 5.89 Å². The van der Waals surface area contributed by atoms with Crippen LogP contribution in [0.25, 0.3) is 10.9 Å². The third kappa shape index (κ3) is 5.84. The second-order valence-corrected chi connectivity index (χ2v) is 8.62. The predicted octanol–water partition coefficient (Wildman–Crippen LogP) is 4.86. The van der Waals surface area contributed by atoms with Crippen molar-refractivity contribution < 1.29 is 13.6 Å². The topological polar surface area (TPSA) is 87.0 Å². The van der Waals surface area contributed by atoms with Crippen LogP contribution in [0.5, 0.6) is 0 Å². The SMILES string of the molecule is O=C(NCc1cccnc1)c1coc(CN(CCc2c[nH]c3ccccc23)Cc2cccc(F)c2)n1. The molecule has 0 bridgehead atoms. The maximum Gasteiger partial charge on any atom is 0.273 e. The molecule has 3 aromatic heterocycles. The number of carbonyl (C=O) groups excluding carboxylic acids is 1. The summed E-state index contributed by atoms with van der Waals surface area (Å²) in [4.78, 5) is 26.4. The van der Waals surface area contributed by atoms with E-state index in [4.69, 9.17) is 4.42 Å². The van der Waals surface area contributed by atoms with Crippen molar-refractivity contribution in [3.05, 3.63) is 120 Å². The van der Waals surface area contributed by atoms with E-state index < -0.39 is 0 Å². The molecule has 0 spiro atoms. The molecule has 8 heteroatoms. The number of amides is 1. The first-order valence-electron chi connectivity index (χ1n) is 11.8. The average Bonchev–Trinajstić information content (AvgIpc) is 3.54. The number of halogens is 1. The van der Waals surface area contributed by atoms with E-state index in [0.29, 0.717) is 32.1 Å². The van der Waals surface area contributed by atoms with Gasteiger partial charge in [0.15, 0.2) is 5.69 Å². The zero-order valence-corrected chi connectivity index (χ0v) is 19.7. The molecule has 2 N–H and O–H groups in total. The molecule has 5 aromatic rings. The molecule has 7 nitrogen and oxygen atoms in total. The Labute approximate surface area is 208 Å². The van der Waals surface area contributed by atoms with Crippen molar-refractivity contribution >= 4 is 16.8 Å². The van der Waals surface area contributed by atoms with Crippen LogP contribution in [0.4, 0.5) is 4.39 Å². The number of hydrogen-bond donors (Lipinski definition) is 2. The Balaban J connectivity index is 1.27. The molecule has 0 atom stereocenters. The van der Waals surface area contributed by atoms with E-state index in [-0.39, 0.29) is 17.4 Å². The second-order valence-electron chi connectivity index (χ2n) is 8.62. The Bertz CT molecular complexity index is 1450. The first-order chi connectivity index (χ1) is 17.6. The largest absolute Gasteiger partial charge is 0.447 e. The fourth-order valence-electron chi connectivity index (χ4n) is 4.18. The van der Waals surface area contributed by atoms with Crippen LogP contribution < -0.4 is 5.32 Å². The van der Waals surface area contributed by atoms with Gasteiger partial charge in [0.25, 0.3) is 5.91 Å². The number of pyridine rings is 1. The van der Waals surface area contributed by atoms with E-state index in [1.807, 2.05) is 36.5 Å². The minimum absolute atomic E-state index is 0.219. The normalized spacial score (nSPS) is 11.3. The molecule has 3 heterocycles. The third-order valence-electron chi connectivity index (χ3n) is 5.99. The van der Waals surface area contributed by atoms with Crippen molar-refractivity contribution in [2.45, 2.75) is 26.1 Å². The van der Waals surface area contributed by atoms with Crippen molar-refractivity contribution in [3.8, 4) is 0 Å². The number of benzene rings is 2. The van der Waals surface area contributed by atoms with E-state index in [2.05, 4.69) is 37.3 Å². The maximum atomic E-state index is 13.8. The van der Waals surface area contributed by atoms with Crippen molar-refractivity contribution in [1.29, 1.82) is 0 Å². The van der Waals surface area contributed by atoms with Crippen LogP contribution in [0.2, 0.25) is 0 Å². The highest BCUT2D eigenvalue weighted by Crippen LogP contribution is 2.19. The molecule has 36 heavy (non-hydrogen) atoms. The molecule has 0 aliphatic heterocycles. The number of aromatic amines is 1. The smallest absolute Gasteiger partial charge is 0.273 e. The molecule has 182 valence electrons. The van der Waals surface area contributed by atoms with E-state index in [1.54, 1.807) is 18.5 Å². The fraction of sp³-hybridized carbons (Fsp3) is 0.179. The van der Waals surface area contributed by atoms with E-state index in [9.17, 15) is 9.18 Å². The summed E-state index contributed by atoms with van der Waals surface area (Å²) in [5.74, 6) is -0.158. The van der Waals surface area contributed by atoms with Gasteiger partial charge in [0, 0.05) is 49.1 Å². The molecule has 0 radical (unpaired) electrons. The Hall–Kier alpha value is -4.30. The molecule has 0 aliphatic rings. The highest BCUT2D eigenvalue weighted by Gasteiger charge is 2.16. The van der Waals surface area contributed by atoms with E-state index >= 15 is 0 Å². The van der Waals surface area contributed by atoms with Gasteiger partial charge in [-0.25, -0.2) is 9.37 Å². The summed E-state index contributed by atoms with van der Waals surface area (Å²) < 4.78 is 19.4. The number of nitrogens with one attached hydrogen (secondary N) is 2. The molecule has 2 aromatic carbocycles. The van der Waals surface area contributed by atoms with Gasteiger partial charge >= 0.3 is 0 Å². The van der Waals surface area contributed by atoms with Crippen LogP contribution in [0, 0.1) is 5.82 Å². The van der Waals surface area contributed by atoms with Gasteiger partial charge in [-0.2, -0.15) is 0 Å². The Kier molecular flexibility index (Phi) is 7.14. The summed E-state index contributed by atoms with van der Waals surface area (Å²) in [6, 6.07) is 18.5. The zero-order valence-electron chi connectivity index (χ0n) is 19.7. The number of nitrogens with zero attached hydrogens (tertiary/aromatic N) is 3. The van der Waals surface area contributed by atoms with Crippen molar-refractivity contribution in [1.82, 2.24) is 25.2 Å². The summed E-state index contributed by atoms with van der Waals surface area (Å²) in [5.41, 5.74) is 4.27. The Morgan fingerprint density at radius 1 is 1.06 bits per heavy atom. The Morgan fingerprint density at radius 3 is 2.81 bits per heavy atom. The lowest BCUT2D eigenvalue weighted by Gasteiger charge is -2.21. The van der Waals surface area contributed by atoms with Crippen LogP contribution in [-0.4, -0.2) is 32.3 Å². The van der Waals surface area contributed by atoms with Gasteiger partial charge in [0.1, 0.15) is 12.1 Å². The molecule has 1 amide bonds. The van der Waals surface area contributed by atoms with Gasteiger partial charge in [0.05, 0.1) is 6.54 Å². The number of para-hydroxylation sites is 1. The van der Waals surface area contributed by atoms with Gasteiger partial charge in [-0.1, -0.05) is 36.4 Å². The van der Waals surface area contributed by atoms with Crippen LogP contribution >= 0.6 is 0 Å². The minimum Gasteiger partial charge on any atom is -0.447 e. The van der Waals surface area contributed by atoms with Crippen LogP contribution in [0.1, 0.15) is 33.1 Å². The first-order valence-corrected chi connectivity index (χ1v) is 11.8. The fourth-order valence-corrected chi connectivity index (χ4v) is 4.18. The molecule has 0 saturated carbocycles. The van der Waals surface area contributed by atoms with Crippen LogP contribution in [-0.2, 0) is 26.1 Å². The van der Waals surface area contributed by atoms with Crippen molar-refractivity contribution in [2.75, 3.05) is 6.54 Å². The monoisotopic (exact) mass is 483 g/mol. The van der Waals surface area contributed by atoms with E-state index in [0.717, 1.165) is 23.1 Å². The quantitative estimate of drug-likeness (QED) is 0.296. The molecular weight excluding hydrogens is 457 g/mol. The Morgan fingerprint density at radius 2 is 1.94 bits per heavy atom. The lowest BCUT2D eigenvalue weighted by atomic mass is 10.1. The second kappa shape index (κ2) is 11.0. The van der Waals surface area contributed by atoms with Crippen molar-refractivity contribution in [3.63, 3.8) is 0 Å². The summed E-state index contributed by atoms with van der Waals surface area (Å²) in [7, 11) is 0. The first kappa shape index (κ1) is 23.4.